The average molecular weight is 503 g/mol. The Balaban J connectivity index is 1.55. The number of piperidine rings is 1. The van der Waals surface area contributed by atoms with Crippen LogP contribution in [0.4, 0.5) is 4.79 Å². The summed E-state index contributed by atoms with van der Waals surface area (Å²) in [6.45, 7) is 7.23. The summed E-state index contributed by atoms with van der Waals surface area (Å²) in [5.41, 5.74) is 1.17. The molecule has 1 saturated heterocycles. The van der Waals surface area contributed by atoms with Crippen molar-refractivity contribution < 1.29 is 19.1 Å². The lowest BCUT2D eigenvalue weighted by Gasteiger charge is -2.37. The van der Waals surface area contributed by atoms with Gasteiger partial charge in [-0.3, -0.25) is 4.79 Å². The van der Waals surface area contributed by atoms with E-state index in [2.05, 4.69) is 15.9 Å². The van der Waals surface area contributed by atoms with Crippen LogP contribution in [-0.2, 0) is 11.3 Å². The van der Waals surface area contributed by atoms with Crippen molar-refractivity contribution in [3.05, 3.63) is 64.1 Å². The molecular formula is C25H31BrN2O4. The zero-order valence-electron chi connectivity index (χ0n) is 19.1. The lowest BCUT2D eigenvalue weighted by Crippen LogP contribution is -2.48. The maximum absolute atomic E-state index is 13.1. The van der Waals surface area contributed by atoms with Crippen LogP contribution in [0.25, 0.3) is 0 Å². The molecule has 0 bridgehead atoms. The molecule has 172 valence electrons. The molecule has 0 spiro atoms. The van der Waals surface area contributed by atoms with E-state index in [4.69, 9.17) is 9.47 Å². The standard InChI is InChI=1S/C25H31BrN2O4/c1-25(2,3)32-24(30)27(4)19-12-14-28(15-13-19)23(29)21-11-10-20(16-22(21)26)31-17-18-8-6-5-7-9-18/h5-11,16,19H,12-15,17H2,1-4H3. The van der Waals surface area contributed by atoms with Gasteiger partial charge in [0.2, 0.25) is 0 Å². The van der Waals surface area contributed by atoms with E-state index in [1.165, 1.54) is 0 Å². The molecule has 2 amide bonds. The summed E-state index contributed by atoms with van der Waals surface area (Å²) in [6, 6.07) is 15.5. The highest BCUT2D eigenvalue weighted by molar-refractivity contribution is 9.10. The maximum Gasteiger partial charge on any atom is 0.410 e. The number of amides is 2. The minimum Gasteiger partial charge on any atom is -0.489 e. The smallest absolute Gasteiger partial charge is 0.410 e. The van der Waals surface area contributed by atoms with E-state index in [1.807, 2.05) is 68.1 Å². The number of nitrogens with zero attached hydrogens (tertiary/aromatic N) is 2. The van der Waals surface area contributed by atoms with Gasteiger partial charge in [0.15, 0.2) is 0 Å². The van der Waals surface area contributed by atoms with Gasteiger partial charge in [-0.05, 0) is 73.3 Å². The van der Waals surface area contributed by atoms with Gasteiger partial charge in [0.1, 0.15) is 18.0 Å². The Kier molecular flexibility index (Phi) is 7.82. The number of benzene rings is 2. The number of carbonyl (C=O) groups excluding carboxylic acids is 2. The van der Waals surface area contributed by atoms with Crippen molar-refractivity contribution >= 4 is 27.9 Å². The first kappa shape index (κ1) is 24.1. The van der Waals surface area contributed by atoms with Gasteiger partial charge in [-0.2, -0.15) is 0 Å². The number of ether oxygens (including phenoxy) is 2. The van der Waals surface area contributed by atoms with Crippen molar-refractivity contribution in [2.24, 2.45) is 0 Å². The quantitative estimate of drug-likeness (QED) is 0.541. The zero-order valence-corrected chi connectivity index (χ0v) is 20.7. The van der Waals surface area contributed by atoms with Crippen molar-refractivity contribution in [3.63, 3.8) is 0 Å². The van der Waals surface area contributed by atoms with E-state index >= 15 is 0 Å². The third-order valence-corrected chi connectivity index (χ3v) is 6.06. The molecule has 0 aromatic heterocycles. The highest BCUT2D eigenvalue weighted by Crippen LogP contribution is 2.27. The molecular weight excluding hydrogens is 472 g/mol. The Morgan fingerprint density at radius 2 is 1.75 bits per heavy atom. The molecule has 0 radical (unpaired) electrons. The highest BCUT2D eigenvalue weighted by Gasteiger charge is 2.30. The van der Waals surface area contributed by atoms with Crippen LogP contribution < -0.4 is 4.74 Å². The van der Waals surface area contributed by atoms with Crippen molar-refractivity contribution in [1.82, 2.24) is 9.80 Å². The van der Waals surface area contributed by atoms with Crippen LogP contribution in [0.5, 0.6) is 5.75 Å². The molecule has 0 unspecified atom stereocenters. The van der Waals surface area contributed by atoms with Crippen molar-refractivity contribution in [2.75, 3.05) is 20.1 Å². The van der Waals surface area contributed by atoms with E-state index in [1.54, 1.807) is 18.0 Å². The van der Waals surface area contributed by atoms with Crippen molar-refractivity contribution in [2.45, 2.75) is 51.9 Å². The van der Waals surface area contributed by atoms with Crippen LogP contribution in [0, 0.1) is 0 Å². The van der Waals surface area contributed by atoms with Gasteiger partial charge in [0.25, 0.3) is 5.91 Å². The SMILES string of the molecule is CN(C(=O)OC(C)(C)C)C1CCN(C(=O)c2ccc(OCc3ccccc3)cc2Br)CC1. The van der Waals surface area contributed by atoms with Crippen LogP contribution in [0.1, 0.15) is 49.5 Å². The molecule has 32 heavy (non-hydrogen) atoms. The topological polar surface area (TPSA) is 59.1 Å². The van der Waals surface area contributed by atoms with Crippen LogP contribution in [0.15, 0.2) is 53.0 Å². The second-order valence-electron chi connectivity index (χ2n) is 9.03. The Morgan fingerprint density at radius 3 is 2.34 bits per heavy atom. The van der Waals surface area contributed by atoms with E-state index in [9.17, 15) is 9.59 Å². The van der Waals surface area contributed by atoms with E-state index in [0.29, 0.717) is 35.5 Å². The maximum atomic E-state index is 13.1. The summed E-state index contributed by atoms with van der Waals surface area (Å²) >= 11 is 3.53. The number of halogens is 1. The lowest BCUT2D eigenvalue weighted by atomic mass is 10.0. The minimum absolute atomic E-state index is 0.0233. The zero-order chi connectivity index (χ0) is 23.3. The van der Waals surface area contributed by atoms with Gasteiger partial charge in [-0.15, -0.1) is 0 Å². The molecule has 6 nitrogen and oxygen atoms in total. The minimum atomic E-state index is -0.523. The summed E-state index contributed by atoms with van der Waals surface area (Å²) in [5, 5.41) is 0. The average Bonchev–Trinajstić information content (AvgIpc) is 2.76. The molecule has 0 atom stereocenters. The second-order valence-corrected chi connectivity index (χ2v) is 9.88. The van der Waals surface area contributed by atoms with E-state index in [-0.39, 0.29) is 18.0 Å². The number of hydrogen-bond acceptors (Lipinski definition) is 4. The first-order valence-corrected chi connectivity index (χ1v) is 11.6. The normalized spacial score (nSPS) is 14.7. The number of hydrogen-bond donors (Lipinski definition) is 0. The molecule has 0 aliphatic carbocycles. The summed E-state index contributed by atoms with van der Waals surface area (Å²) < 4.78 is 12.0. The number of rotatable bonds is 5. The fourth-order valence-corrected chi connectivity index (χ4v) is 4.14. The van der Waals surface area contributed by atoms with E-state index < -0.39 is 5.60 Å². The van der Waals surface area contributed by atoms with Crippen LogP contribution in [0.3, 0.4) is 0 Å². The Morgan fingerprint density at radius 1 is 1.09 bits per heavy atom. The monoisotopic (exact) mass is 502 g/mol. The second kappa shape index (κ2) is 10.4. The first-order chi connectivity index (χ1) is 15.1. The van der Waals surface area contributed by atoms with Crippen molar-refractivity contribution in [1.29, 1.82) is 0 Å². The third-order valence-electron chi connectivity index (χ3n) is 5.40. The molecule has 2 aromatic rings. The molecule has 3 rings (SSSR count). The predicted molar refractivity (Wildman–Crippen MR) is 128 cm³/mol. The summed E-state index contributed by atoms with van der Waals surface area (Å²) in [7, 11) is 1.76. The lowest BCUT2D eigenvalue weighted by molar-refractivity contribution is 0.0156. The summed E-state index contributed by atoms with van der Waals surface area (Å²) in [5.74, 6) is 0.680. The molecule has 1 heterocycles. The molecule has 1 fully saturated rings. The fourth-order valence-electron chi connectivity index (χ4n) is 3.61. The molecule has 0 saturated carbocycles. The van der Waals surface area contributed by atoms with Crippen LogP contribution >= 0.6 is 15.9 Å². The van der Waals surface area contributed by atoms with Crippen molar-refractivity contribution in [3.8, 4) is 5.75 Å². The van der Waals surface area contributed by atoms with Gasteiger partial charge < -0.3 is 19.3 Å². The molecule has 0 N–H and O–H groups in total. The van der Waals surface area contributed by atoms with E-state index in [0.717, 1.165) is 18.4 Å². The largest absolute Gasteiger partial charge is 0.489 e. The van der Waals surface area contributed by atoms with Crippen LogP contribution in [0.2, 0.25) is 0 Å². The molecule has 1 aliphatic rings. The predicted octanol–water partition coefficient (Wildman–Crippen LogP) is 5.50. The Bertz CT molecular complexity index is 935. The van der Waals surface area contributed by atoms with Gasteiger partial charge in [-0.25, -0.2) is 4.79 Å². The molecule has 2 aromatic carbocycles. The summed E-state index contributed by atoms with van der Waals surface area (Å²) in [6.07, 6.45) is 1.12. The highest BCUT2D eigenvalue weighted by atomic mass is 79.9. The fraction of sp³-hybridized carbons (Fsp3) is 0.440. The first-order valence-electron chi connectivity index (χ1n) is 10.9. The third kappa shape index (κ3) is 6.48. The van der Waals surface area contributed by atoms with Gasteiger partial charge in [0.05, 0.1) is 5.56 Å². The number of carbonyl (C=O) groups is 2. The molecule has 7 heteroatoms. The number of likely N-dealkylation sites (tertiary alicyclic amines) is 1. The van der Waals surface area contributed by atoms with Gasteiger partial charge in [-0.1, -0.05) is 30.3 Å². The Hall–Kier alpha value is -2.54. The van der Waals surface area contributed by atoms with Gasteiger partial charge >= 0.3 is 6.09 Å². The van der Waals surface area contributed by atoms with Crippen LogP contribution in [-0.4, -0.2) is 53.6 Å². The molecule has 1 aliphatic heterocycles. The Labute approximate surface area is 198 Å². The summed E-state index contributed by atoms with van der Waals surface area (Å²) in [4.78, 5) is 28.9. The van der Waals surface area contributed by atoms with Gasteiger partial charge in [0, 0.05) is 30.7 Å².